The van der Waals surface area contributed by atoms with Crippen molar-refractivity contribution >= 4 is 23.3 Å². The molecule has 7 heteroatoms. The maximum Gasteiger partial charge on any atom is 0.320 e. The average molecular weight is 349 g/mol. The Morgan fingerprint density at radius 1 is 1.17 bits per heavy atom. The molecular weight excluding hydrogens is 326 g/mol. The molecule has 3 amide bonds. The molecule has 1 atom stereocenters. The van der Waals surface area contributed by atoms with Crippen molar-refractivity contribution in [2.75, 3.05) is 32.8 Å². The molecule has 4 heterocycles. The van der Waals surface area contributed by atoms with Crippen LogP contribution in [0.5, 0.6) is 0 Å². The van der Waals surface area contributed by atoms with Crippen LogP contribution in [0.2, 0.25) is 0 Å². The van der Waals surface area contributed by atoms with E-state index in [2.05, 4.69) is 11.4 Å². The standard InChI is InChI=1S/C17H23N3O3S/c21-16(20-7-2-9-23-20)14-3-1-6-18(12-14)17(22)19-8-4-15-13(11-19)5-10-24-15/h5,10,14H,1-4,6-9,11-12H2/t14-/m1/s1. The number of likely N-dealkylation sites (tertiary alicyclic amines) is 1. The van der Waals surface area contributed by atoms with Crippen LogP contribution in [-0.2, 0) is 22.6 Å². The molecule has 1 aromatic heterocycles. The van der Waals surface area contributed by atoms with Gasteiger partial charge < -0.3 is 9.80 Å². The molecule has 0 saturated carbocycles. The van der Waals surface area contributed by atoms with Crippen molar-refractivity contribution in [3.05, 3.63) is 21.9 Å². The maximum atomic E-state index is 12.9. The number of piperidine rings is 1. The van der Waals surface area contributed by atoms with Gasteiger partial charge in [-0.15, -0.1) is 11.3 Å². The van der Waals surface area contributed by atoms with Gasteiger partial charge >= 0.3 is 6.03 Å². The Balaban J connectivity index is 1.39. The van der Waals surface area contributed by atoms with Gasteiger partial charge in [0.1, 0.15) is 0 Å². The Bertz CT molecular complexity index is 626. The van der Waals surface area contributed by atoms with Gasteiger partial charge in [0.2, 0.25) is 0 Å². The second kappa shape index (κ2) is 6.72. The summed E-state index contributed by atoms with van der Waals surface area (Å²) < 4.78 is 0. The Hall–Kier alpha value is -1.60. The highest BCUT2D eigenvalue weighted by molar-refractivity contribution is 7.10. The summed E-state index contributed by atoms with van der Waals surface area (Å²) in [6.45, 7) is 4.04. The summed E-state index contributed by atoms with van der Waals surface area (Å²) in [4.78, 5) is 36.0. The summed E-state index contributed by atoms with van der Waals surface area (Å²) >= 11 is 1.78. The summed E-state index contributed by atoms with van der Waals surface area (Å²) in [5.74, 6) is -0.0777. The van der Waals surface area contributed by atoms with Gasteiger partial charge in [0.05, 0.1) is 19.1 Å². The predicted octanol–water partition coefficient (Wildman–Crippen LogP) is 2.10. The van der Waals surface area contributed by atoms with Crippen molar-refractivity contribution in [1.29, 1.82) is 0 Å². The molecule has 0 unspecified atom stereocenters. The van der Waals surface area contributed by atoms with Crippen LogP contribution in [0, 0.1) is 5.92 Å². The molecule has 0 N–H and O–H groups in total. The van der Waals surface area contributed by atoms with Crippen molar-refractivity contribution in [3.63, 3.8) is 0 Å². The number of rotatable bonds is 1. The van der Waals surface area contributed by atoms with Crippen LogP contribution in [0.15, 0.2) is 11.4 Å². The number of carbonyl (C=O) groups is 2. The number of amides is 3. The Morgan fingerprint density at radius 2 is 2.08 bits per heavy atom. The molecule has 24 heavy (non-hydrogen) atoms. The van der Waals surface area contributed by atoms with E-state index in [0.717, 1.165) is 38.8 Å². The molecule has 130 valence electrons. The van der Waals surface area contributed by atoms with E-state index in [9.17, 15) is 9.59 Å². The minimum atomic E-state index is -0.123. The van der Waals surface area contributed by atoms with E-state index < -0.39 is 0 Å². The summed E-state index contributed by atoms with van der Waals surface area (Å²) in [6, 6.07) is 2.19. The van der Waals surface area contributed by atoms with Crippen molar-refractivity contribution in [2.45, 2.75) is 32.2 Å². The van der Waals surface area contributed by atoms with Crippen molar-refractivity contribution in [2.24, 2.45) is 5.92 Å². The average Bonchev–Trinajstić information content (AvgIpc) is 3.31. The number of hydrogen-bond donors (Lipinski definition) is 0. The zero-order chi connectivity index (χ0) is 16.5. The molecule has 0 bridgehead atoms. The van der Waals surface area contributed by atoms with E-state index in [-0.39, 0.29) is 17.9 Å². The van der Waals surface area contributed by atoms with Gasteiger partial charge in [-0.05, 0) is 42.7 Å². The molecule has 3 aliphatic heterocycles. The quantitative estimate of drug-likeness (QED) is 0.780. The molecule has 1 aromatic rings. The number of thiophene rings is 1. The second-order valence-corrected chi connectivity index (χ2v) is 7.74. The van der Waals surface area contributed by atoms with E-state index in [1.807, 2.05) is 9.80 Å². The zero-order valence-electron chi connectivity index (χ0n) is 13.8. The molecule has 0 radical (unpaired) electrons. The fourth-order valence-electron chi connectivity index (χ4n) is 3.79. The van der Waals surface area contributed by atoms with Crippen LogP contribution < -0.4 is 0 Å². The van der Waals surface area contributed by atoms with Crippen molar-refractivity contribution in [1.82, 2.24) is 14.9 Å². The monoisotopic (exact) mass is 349 g/mol. The smallest absolute Gasteiger partial charge is 0.320 e. The lowest BCUT2D eigenvalue weighted by atomic mass is 9.97. The minimum Gasteiger partial charge on any atom is -0.324 e. The van der Waals surface area contributed by atoms with Gasteiger partial charge in [-0.3, -0.25) is 9.63 Å². The first-order chi connectivity index (χ1) is 11.7. The van der Waals surface area contributed by atoms with Crippen molar-refractivity contribution < 1.29 is 14.4 Å². The minimum absolute atomic E-state index is 0.0452. The first-order valence-electron chi connectivity index (χ1n) is 8.76. The molecule has 2 saturated heterocycles. The first-order valence-corrected chi connectivity index (χ1v) is 9.64. The topological polar surface area (TPSA) is 53.1 Å². The first kappa shape index (κ1) is 15.9. The molecular formula is C17H23N3O3S. The van der Waals surface area contributed by atoms with Crippen LogP contribution in [0.4, 0.5) is 4.79 Å². The van der Waals surface area contributed by atoms with Crippen LogP contribution >= 0.6 is 11.3 Å². The number of urea groups is 1. The van der Waals surface area contributed by atoms with E-state index in [0.29, 0.717) is 26.2 Å². The summed E-state index contributed by atoms with van der Waals surface area (Å²) in [5, 5.41) is 3.60. The SMILES string of the molecule is O=C(N1CCc2sccc2C1)N1CCC[C@@H](C(=O)N2CCCO2)C1. The third-order valence-corrected chi connectivity index (χ3v) is 6.14. The lowest BCUT2D eigenvalue weighted by Gasteiger charge is -2.37. The normalized spacial score (nSPS) is 24.2. The number of nitrogens with zero attached hydrogens (tertiary/aromatic N) is 3. The van der Waals surface area contributed by atoms with E-state index >= 15 is 0 Å². The van der Waals surface area contributed by atoms with E-state index in [1.54, 1.807) is 11.3 Å². The predicted molar refractivity (Wildman–Crippen MR) is 90.4 cm³/mol. The van der Waals surface area contributed by atoms with Gasteiger partial charge in [0, 0.05) is 31.1 Å². The third kappa shape index (κ3) is 3.02. The van der Waals surface area contributed by atoms with Gasteiger partial charge in [-0.1, -0.05) is 0 Å². The lowest BCUT2D eigenvalue weighted by Crippen LogP contribution is -2.51. The molecule has 0 spiro atoms. The summed E-state index contributed by atoms with van der Waals surface area (Å²) in [6.07, 6.45) is 3.57. The van der Waals surface area contributed by atoms with E-state index in [1.165, 1.54) is 15.5 Å². The van der Waals surface area contributed by atoms with Crippen LogP contribution in [0.3, 0.4) is 0 Å². The Kier molecular flexibility index (Phi) is 4.45. The number of hydroxylamine groups is 2. The van der Waals surface area contributed by atoms with Crippen LogP contribution in [0.25, 0.3) is 0 Å². The molecule has 0 aliphatic carbocycles. The second-order valence-electron chi connectivity index (χ2n) is 6.74. The fourth-order valence-corrected chi connectivity index (χ4v) is 4.68. The van der Waals surface area contributed by atoms with Gasteiger partial charge in [0.25, 0.3) is 5.91 Å². The summed E-state index contributed by atoms with van der Waals surface area (Å²) in [7, 11) is 0. The molecule has 3 aliphatic rings. The molecule has 2 fully saturated rings. The van der Waals surface area contributed by atoms with Crippen LogP contribution in [-0.4, -0.2) is 59.6 Å². The maximum absolute atomic E-state index is 12.9. The number of fused-ring (bicyclic) bond motifs is 1. The van der Waals surface area contributed by atoms with Gasteiger partial charge in [0.15, 0.2) is 0 Å². The summed E-state index contributed by atoms with van der Waals surface area (Å²) in [5.41, 5.74) is 1.27. The molecule has 0 aromatic carbocycles. The largest absolute Gasteiger partial charge is 0.324 e. The highest BCUT2D eigenvalue weighted by atomic mass is 32.1. The highest BCUT2D eigenvalue weighted by Crippen LogP contribution is 2.26. The van der Waals surface area contributed by atoms with E-state index in [4.69, 9.17) is 4.84 Å². The Morgan fingerprint density at radius 3 is 2.92 bits per heavy atom. The van der Waals surface area contributed by atoms with Gasteiger partial charge in [-0.2, -0.15) is 0 Å². The lowest BCUT2D eigenvalue weighted by molar-refractivity contribution is -0.174. The molecule has 6 nitrogen and oxygen atoms in total. The van der Waals surface area contributed by atoms with Crippen LogP contribution in [0.1, 0.15) is 29.7 Å². The highest BCUT2D eigenvalue weighted by Gasteiger charge is 2.35. The zero-order valence-corrected chi connectivity index (χ0v) is 14.6. The number of carbonyl (C=O) groups excluding carboxylic acids is 2. The molecule has 4 rings (SSSR count). The number of hydrogen-bond acceptors (Lipinski definition) is 4. The van der Waals surface area contributed by atoms with Crippen molar-refractivity contribution in [3.8, 4) is 0 Å². The van der Waals surface area contributed by atoms with Gasteiger partial charge in [-0.25, -0.2) is 9.86 Å². The fraction of sp³-hybridized carbons (Fsp3) is 0.647. The third-order valence-electron chi connectivity index (χ3n) is 5.12. The Labute approximate surface area is 145 Å².